The smallest absolute Gasteiger partial charge is 0.300 e. The zero-order valence-electron chi connectivity index (χ0n) is 17.5. The van der Waals surface area contributed by atoms with Crippen molar-refractivity contribution in [3.63, 3.8) is 0 Å². The predicted molar refractivity (Wildman–Crippen MR) is 110 cm³/mol. The van der Waals surface area contributed by atoms with Crippen molar-refractivity contribution >= 4 is 16.0 Å². The minimum atomic E-state index is -3.61. The van der Waals surface area contributed by atoms with Gasteiger partial charge in [0.25, 0.3) is 5.97 Å². The number of carbonyl (C=O) groups is 1. The number of sulfonamides is 1. The minimum Gasteiger partial charge on any atom is -0.492 e. The van der Waals surface area contributed by atoms with Crippen LogP contribution in [0.5, 0.6) is 5.75 Å². The van der Waals surface area contributed by atoms with Crippen LogP contribution >= 0.6 is 0 Å². The molecule has 2 fully saturated rings. The third kappa shape index (κ3) is 6.67. The number of para-hydroxylation sites is 1. The zero-order chi connectivity index (χ0) is 21.6. The number of morpholine rings is 1. The molecular formula is C20H32N2O6S. The Labute approximate surface area is 173 Å². The number of hydrogen-bond acceptors (Lipinski definition) is 6. The molecule has 0 spiro atoms. The van der Waals surface area contributed by atoms with Gasteiger partial charge < -0.3 is 14.6 Å². The van der Waals surface area contributed by atoms with Crippen LogP contribution in [0.3, 0.4) is 0 Å². The number of aliphatic carboxylic acids is 1. The van der Waals surface area contributed by atoms with E-state index in [1.807, 2.05) is 6.92 Å². The molecule has 2 aliphatic heterocycles. The Balaban J connectivity index is 0.000000687. The van der Waals surface area contributed by atoms with Gasteiger partial charge in [-0.25, -0.2) is 13.1 Å². The number of carboxylic acids is 1. The molecule has 2 aliphatic rings. The van der Waals surface area contributed by atoms with E-state index in [1.165, 1.54) is 0 Å². The van der Waals surface area contributed by atoms with Crippen molar-refractivity contribution in [2.45, 2.75) is 57.2 Å². The molecule has 0 aliphatic carbocycles. The van der Waals surface area contributed by atoms with E-state index in [0.29, 0.717) is 30.9 Å². The van der Waals surface area contributed by atoms with Crippen LogP contribution in [0.1, 0.15) is 34.1 Å². The van der Waals surface area contributed by atoms with Crippen molar-refractivity contribution in [3.8, 4) is 5.75 Å². The number of nitrogens with zero attached hydrogens (tertiary/aromatic N) is 1. The van der Waals surface area contributed by atoms with E-state index in [4.69, 9.17) is 19.4 Å². The topological polar surface area (TPSA) is 105 Å². The number of hydrogen-bond donors (Lipinski definition) is 2. The largest absolute Gasteiger partial charge is 0.492 e. The van der Waals surface area contributed by atoms with E-state index in [0.717, 1.165) is 26.4 Å². The molecule has 0 amide bonds. The summed E-state index contributed by atoms with van der Waals surface area (Å²) in [4.78, 5) is 11.6. The van der Waals surface area contributed by atoms with Crippen LogP contribution in [-0.4, -0.2) is 68.9 Å². The molecule has 9 heteroatoms. The molecule has 2 heterocycles. The van der Waals surface area contributed by atoms with Gasteiger partial charge >= 0.3 is 0 Å². The van der Waals surface area contributed by atoms with Gasteiger partial charge in [0.1, 0.15) is 10.6 Å². The van der Waals surface area contributed by atoms with Crippen LogP contribution in [-0.2, 0) is 19.6 Å². The molecule has 2 saturated heterocycles. The summed E-state index contributed by atoms with van der Waals surface area (Å²) in [5.41, 5.74) is 0. The average Bonchev–Trinajstić information content (AvgIpc) is 3.02. The second-order valence-electron chi connectivity index (χ2n) is 7.68. The first kappa shape index (κ1) is 23.6. The minimum absolute atomic E-state index is 0.0980. The van der Waals surface area contributed by atoms with Gasteiger partial charge in [0.2, 0.25) is 10.0 Å². The molecular weight excluding hydrogens is 396 g/mol. The van der Waals surface area contributed by atoms with Crippen molar-refractivity contribution < 1.29 is 27.8 Å². The van der Waals surface area contributed by atoms with Crippen LogP contribution in [0.4, 0.5) is 0 Å². The molecule has 0 saturated carbocycles. The second-order valence-corrected chi connectivity index (χ2v) is 9.36. The first-order valence-corrected chi connectivity index (χ1v) is 11.4. The molecule has 3 atom stereocenters. The third-order valence-corrected chi connectivity index (χ3v) is 6.51. The Bertz CT molecular complexity index is 779. The van der Waals surface area contributed by atoms with Gasteiger partial charge in [0.05, 0.1) is 19.3 Å². The SMILES string of the molecule is CC(=O)O.CCOc1ccccc1S(=O)(=O)N[C@@H]1C[C@H]2CO[C@@H](C(C)C)CN2C1. The lowest BCUT2D eigenvalue weighted by atomic mass is 10.0. The second kappa shape index (κ2) is 10.4. The van der Waals surface area contributed by atoms with Crippen molar-refractivity contribution in [2.75, 3.05) is 26.3 Å². The lowest BCUT2D eigenvalue weighted by Gasteiger charge is -2.36. The van der Waals surface area contributed by atoms with E-state index in [1.54, 1.807) is 24.3 Å². The highest BCUT2D eigenvalue weighted by atomic mass is 32.2. The van der Waals surface area contributed by atoms with E-state index in [-0.39, 0.29) is 17.0 Å². The zero-order valence-corrected chi connectivity index (χ0v) is 18.3. The molecule has 164 valence electrons. The maximum absolute atomic E-state index is 12.8. The number of ether oxygens (including phenoxy) is 2. The number of nitrogens with one attached hydrogen (secondary N) is 1. The summed E-state index contributed by atoms with van der Waals surface area (Å²) >= 11 is 0. The fourth-order valence-electron chi connectivity index (χ4n) is 3.62. The fraction of sp³-hybridized carbons (Fsp3) is 0.650. The summed E-state index contributed by atoms with van der Waals surface area (Å²) in [5.74, 6) is 0.0335. The Morgan fingerprint density at radius 1 is 1.34 bits per heavy atom. The summed E-state index contributed by atoms with van der Waals surface area (Å²) < 4.78 is 39.9. The molecule has 0 radical (unpaired) electrons. The summed E-state index contributed by atoms with van der Waals surface area (Å²) in [5, 5.41) is 7.42. The molecule has 2 N–H and O–H groups in total. The first-order chi connectivity index (χ1) is 13.6. The van der Waals surface area contributed by atoms with Gasteiger partial charge in [0.15, 0.2) is 0 Å². The lowest BCUT2D eigenvalue weighted by Crippen LogP contribution is -2.48. The van der Waals surface area contributed by atoms with Crippen molar-refractivity contribution in [2.24, 2.45) is 5.92 Å². The Morgan fingerprint density at radius 3 is 2.62 bits per heavy atom. The molecule has 29 heavy (non-hydrogen) atoms. The quantitative estimate of drug-likeness (QED) is 0.713. The highest BCUT2D eigenvalue weighted by Crippen LogP contribution is 2.28. The number of benzene rings is 1. The van der Waals surface area contributed by atoms with Gasteiger partial charge in [0, 0.05) is 32.1 Å². The summed E-state index contributed by atoms with van der Waals surface area (Å²) in [6.07, 6.45) is 1.01. The first-order valence-electron chi connectivity index (χ1n) is 9.93. The maximum atomic E-state index is 12.8. The predicted octanol–water partition coefficient (Wildman–Crippen LogP) is 1.95. The van der Waals surface area contributed by atoms with Gasteiger partial charge in [-0.1, -0.05) is 26.0 Å². The molecule has 3 rings (SSSR count). The molecule has 1 aromatic rings. The van der Waals surface area contributed by atoms with Crippen LogP contribution in [0.2, 0.25) is 0 Å². The standard InChI is InChI=1S/C18H28N2O4S.C2H4O2/c1-4-23-16-7-5-6-8-18(16)25(21,22)19-14-9-15-12-24-17(13(2)3)11-20(15)10-14;1-2(3)4/h5-8,13-15,17,19H,4,9-12H2,1-3H3;1H3,(H,3,4)/t14-,15+,17-;/m1./s1. The number of rotatable bonds is 6. The van der Waals surface area contributed by atoms with E-state index in [9.17, 15) is 8.42 Å². The van der Waals surface area contributed by atoms with Gasteiger partial charge in [-0.3, -0.25) is 9.69 Å². The molecule has 8 nitrogen and oxygen atoms in total. The maximum Gasteiger partial charge on any atom is 0.300 e. The highest BCUT2D eigenvalue weighted by molar-refractivity contribution is 7.89. The van der Waals surface area contributed by atoms with Crippen LogP contribution in [0, 0.1) is 5.92 Å². The number of fused-ring (bicyclic) bond motifs is 1. The highest BCUT2D eigenvalue weighted by Gasteiger charge is 2.39. The molecule has 0 unspecified atom stereocenters. The molecule has 0 aromatic heterocycles. The van der Waals surface area contributed by atoms with Crippen molar-refractivity contribution in [1.82, 2.24) is 9.62 Å². The van der Waals surface area contributed by atoms with Crippen LogP contribution in [0.25, 0.3) is 0 Å². The van der Waals surface area contributed by atoms with Crippen molar-refractivity contribution in [3.05, 3.63) is 24.3 Å². The summed E-state index contributed by atoms with van der Waals surface area (Å²) in [7, 11) is -3.61. The average molecular weight is 429 g/mol. The van der Waals surface area contributed by atoms with Crippen LogP contribution in [0.15, 0.2) is 29.2 Å². The third-order valence-electron chi connectivity index (χ3n) is 4.95. The monoisotopic (exact) mass is 428 g/mol. The fourth-order valence-corrected chi connectivity index (χ4v) is 5.00. The summed E-state index contributed by atoms with van der Waals surface area (Å²) in [6, 6.07) is 6.98. The van der Waals surface area contributed by atoms with Gasteiger partial charge in [-0.15, -0.1) is 0 Å². The van der Waals surface area contributed by atoms with Crippen molar-refractivity contribution in [1.29, 1.82) is 0 Å². The van der Waals surface area contributed by atoms with Gasteiger partial charge in [-0.05, 0) is 31.4 Å². The van der Waals surface area contributed by atoms with E-state index in [2.05, 4.69) is 23.5 Å². The Hall–Kier alpha value is -1.68. The summed E-state index contributed by atoms with van der Waals surface area (Å²) in [6.45, 7) is 9.95. The van der Waals surface area contributed by atoms with Crippen LogP contribution < -0.4 is 9.46 Å². The normalized spacial score (nSPS) is 24.5. The Morgan fingerprint density at radius 2 is 2.00 bits per heavy atom. The van der Waals surface area contributed by atoms with E-state index < -0.39 is 16.0 Å². The molecule has 0 bridgehead atoms. The number of carboxylic acid groups (broad SMARTS) is 1. The molecule has 1 aromatic carbocycles. The lowest BCUT2D eigenvalue weighted by molar-refractivity contribution is -0.134. The van der Waals surface area contributed by atoms with Gasteiger partial charge in [-0.2, -0.15) is 0 Å². The Kier molecular flexibility index (Phi) is 8.45. The van der Waals surface area contributed by atoms with E-state index >= 15 is 0 Å².